The number of aliphatic hydroxyl groups is 2. The van der Waals surface area contributed by atoms with Crippen LogP contribution in [0, 0.1) is 5.41 Å². The van der Waals surface area contributed by atoms with Crippen molar-refractivity contribution in [1.29, 1.82) is 0 Å². The molecule has 8 heteroatoms. The van der Waals surface area contributed by atoms with Gasteiger partial charge in [-0.25, -0.2) is 0 Å². The summed E-state index contributed by atoms with van der Waals surface area (Å²) in [5, 5.41) is 22.6. The second kappa shape index (κ2) is 12.9. The standard InChI is InChI=1S/C29H52O7Si/c1-12-25(30)29(9,31)28(8)26(34-17-22-13-15-23(32-10)16-14-22)24(36-27(28)33-11)18-35-37(19(2)3,20(4)5)21(6)7/h13-16,19-21,24-27,30-31H,12,17-18H2,1-11H3/t24-,25-,26+,27+,28+,29+/m1/s1. The molecule has 0 aromatic heterocycles. The monoisotopic (exact) mass is 540 g/mol. The molecule has 0 bridgehead atoms. The van der Waals surface area contributed by atoms with E-state index in [0.29, 0.717) is 36.3 Å². The Labute approximate surface area is 225 Å². The van der Waals surface area contributed by atoms with Crippen molar-refractivity contribution < 1.29 is 33.6 Å². The topological polar surface area (TPSA) is 86.6 Å². The Morgan fingerprint density at radius 1 is 1.03 bits per heavy atom. The highest BCUT2D eigenvalue weighted by Crippen LogP contribution is 2.51. The van der Waals surface area contributed by atoms with Gasteiger partial charge in [-0.3, -0.25) is 0 Å². The van der Waals surface area contributed by atoms with Crippen LogP contribution in [-0.2, 0) is 25.2 Å². The van der Waals surface area contributed by atoms with E-state index in [4.69, 9.17) is 23.4 Å². The molecule has 0 radical (unpaired) electrons. The van der Waals surface area contributed by atoms with E-state index < -0.39 is 43.9 Å². The average Bonchev–Trinajstić information content (AvgIpc) is 3.14. The summed E-state index contributed by atoms with van der Waals surface area (Å²) in [6.07, 6.45) is -2.46. The van der Waals surface area contributed by atoms with Gasteiger partial charge in [0.2, 0.25) is 0 Å². The summed E-state index contributed by atoms with van der Waals surface area (Å²) in [6.45, 7) is 19.5. The largest absolute Gasteiger partial charge is 0.497 e. The molecule has 0 amide bonds. The first-order chi connectivity index (χ1) is 17.2. The number of hydrogen-bond acceptors (Lipinski definition) is 7. The van der Waals surface area contributed by atoms with Gasteiger partial charge in [0.1, 0.15) is 17.5 Å². The smallest absolute Gasteiger partial charge is 0.200 e. The molecule has 37 heavy (non-hydrogen) atoms. The Morgan fingerprint density at radius 2 is 1.57 bits per heavy atom. The Bertz CT molecular complexity index is 804. The third kappa shape index (κ3) is 6.11. The van der Waals surface area contributed by atoms with Crippen LogP contribution in [0.15, 0.2) is 24.3 Å². The lowest BCUT2D eigenvalue weighted by atomic mass is 9.66. The molecule has 1 aliphatic heterocycles. The van der Waals surface area contributed by atoms with E-state index in [9.17, 15) is 10.2 Å². The fraction of sp³-hybridized carbons (Fsp3) is 0.793. The second-order valence-corrected chi connectivity index (χ2v) is 17.3. The van der Waals surface area contributed by atoms with E-state index >= 15 is 0 Å². The zero-order valence-electron chi connectivity index (χ0n) is 24.9. The zero-order valence-corrected chi connectivity index (χ0v) is 25.9. The number of ether oxygens (including phenoxy) is 4. The third-order valence-corrected chi connectivity index (χ3v) is 14.9. The van der Waals surface area contributed by atoms with Gasteiger partial charge in [0, 0.05) is 7.11 Å². The van der Waals surface area contributed by atoms with E-state index in [1.54, 1.807) is 21.1 Å². The van der Waals surface area contributed by atoms with Gasteiger partial charge in [0.25, 0.3) is 0 Å². The molecule has 0 saturated carbocycles. The van der Waals surface area contributed by atoms with Crippen molar-refractivity contribution >= 4 is 8.32 Å². The maximum Gasteiger partial charge on any atom is 0.200 e. The van der Waals surface area contributed by atoms with Gasteiger partial charge < -0.3 is 33.6 Å². The number of rotatable bonds is 14. The summed E-state index contributed by atoms with van der Waals surface area (Å²) >= 11 is 0. The first-order valence-corrected chi connectivity index (χ1v) is 15.8. The van der Waals surface area contributed by atoms with Crippen LogP contribution in [0.4, 0.5) is 0 Å². The zero-order chi connectivity index (χ0) is 28.2. The predicted octanol–water partition coefficient (Wildman–Crippen LogP) is 5.67. The van der Waals surface area contributed by atoms with Gasteiger partial charge in [-0.1, -0.05) is 60.6 Å². The summed E-state index contributed by atoms with van der Waals surface area (Å²) < 4.78 is 31.0. The summed E-state index contributed by atoms with van der Waals surface area (Å²) in [4.78, 5) is 0. The van der Waals surface area contributed by atoms with Gasteiger partial charge in [0.05, 0.1) is 37.9 Å². The lowest BCUT2D eigenvalue weighted by Crippen LogP contribution is -2.62. The molecule has 1 aromatic carbocycles. The first-order valence-electron chi connectivity index (χ1n) is 13.7. The van der Waals surface area contributed by atoms with Crippen molar-refractivity contribution in [3.63, 3.8) is 0 Å². The molecule has 0 spiro atoms. The molecule has 2 N–H and O–H groups in total. The minimum atomic E-state index is -2.18. The van der Waals surface area contributed by atoms with E-state index in [2.05, 4.69) is 41.5 Å². The highest BCUT2D eigenvalue weighted by atomic mass is 28.4. The van der Waals surface area contributed by atoms with E-state index in [1.165, 1.54) is 0 Å². The van der Waals surface area contributed by atoms with Crippen molar-refractivity contribution in [1.82, 2.24) is 0 Å². The van der Waals surface area contributed by atoms with Crippen LogP contribution in [0.1, 0.15) is 74.3 Å². The minimum absolute atomic E-state index is 0.306. The van der Waals surface area contributed by atoms with Crippen molar-refractivity contribution in [3.05, 3.63) is 29.8 Å². The van der Waals surface area contributed by atoms with Crippen LogP contribution in [-0.4, -0.2) is 69.6 Å². The molecule has 6 atom stereocenters. The summed E-state index contributed by atoms with van der Waals surface area (Å²) in [5.41, 5.74) is -0.374. The van der Waals surface area contributed by atoms with Crippen molar-refractivity contribution in [2.45, 2.75) is 122 Å². The lowest BCUT2D eigenvalue weighted by Gasteiger charge is -2.48. The molecule has 1 saturated heterocycles. The van der Waals surface area contributed by atoms with E-state index in [0.717, 1.165) is 11.3 Å². The van der Waals surface area contributed by atoms with Crippen molar-refractivity contribution in [2.75, 3.05) is 20.8 Å². The minimum Gasteiger partial charge on any atom is -0.497 e. The molecular formula is C29H52O7Si. The summed E-state index contributed by atoms with van der Waals surface area (Å²) in [5.74, 6) is 0.773. The first kappa shape index (κ1) is 32.2. The number of methoxy groups -OCH3 is 2. The summed E-state index contributed by atoms with van der Waals surface area (Å²) in [7, 11) is 1.03. The van der Waals surface area contributed by atoms with Gasteiger partial charge in [0.15, 0.2) is 14.6 Å². The summed E-state index contributed by atoms with van der Waals surface area (Å²) in [6, 6.07) is 7.70. The highest BCUT2D eigenvalue weighted by molar-refractivity contribution is 6.77. The lowest BCUT2D eigenvalue weighted by molar-refractivity contribution is -0.242. The second-order valence-electron chi connectivity index (χ2n) is 11.8. The van der Waals surface area contributed by atoms with Crippen LogP contribution in [0.3, 0.4) is 0 Å². The Hall–Kier alpha value is -1.00. The Balaban J connectivity index is 2.46. The molecule has 1 fully saturated rings. The van der Waals surface area contributed by atoms with Gasteiger partial charge in [-0.05, 0) is 54.6 Å². The van der Waals surface area contributed by atoms with Gasteiger partial charge in [-0.2, -0.15) is 0 Å². The number of hydrogen-bond donors (Lipinski definition) is 2. The fourth-order valence-corrected chi connectivity index (χ4v) is 12.0. The Kier molecular flexibility index (Phi) is 11.2. The van der Waals surface area contributed by atoms with Crippen LogP contribution in [0.2, 0.25) is 16.6 Å². The molecule has 0 unspecified atom stereocenters. The van der Waals surface area contributed by atoms with Crippen LogP contribution >= 0.6 is 0 Å². The number of benzene rings is 1. The predicted molar refractivity (Wildman–Crippen MR) is 149 cm³/mol. The van der Waals surface area contributed by atoms with Crippen LogP contribution in [0.25, 0.3) is 0 Å². The molecule has 1 aliphatic rings. The highest BCUT2D eigenvalue weighted by Gasteiger charge is 2.65. The molecule has 214 valence electrons. The molecule has 1 aromatic rings. The SMILES string of the molecule is CC[C@@H](O)[C@](C)(O)[C@]1(C)[C@@H](OC)O[C@H](CO[Si](C(C)C)(C(C)C)C(C)C)[C@@H]1OCc1ccc(OC)cc1. The molecule has 7 nitrogen and oxygen atoms in total. The molecule has 0 aliphatic carbocycles. The fourth-order valence-electron chi connectivity index (χ4n) is 6.52. The van der Waals surface area contributed by atoms with Gasteiger partial charge in [-0.15, -0.1) is 0 Å². The van der Waals surface area contributed by atoms with E-state index in [-0.39, 0.29) is 0 Å². The quantitative estimate of drug-likeness (QED) is 0.294. The van der Waals surface area contributed by atoms with Crippen molar-refractivity contribution in [3.8, 4) is 5.75 Å². The van der Waals surface area contributed by atoms with Gasteiger partial charge >= 0.3 is 0 Å². The average molecular weight is 541 g/mol. The molecule has 1 heterocycles. The normalized spacial score (nSPS) is 27.2. The molecular weight excluding hydrogens is 488 g/mol. The van der Waals surface area contributed by atoms with Crippen LogP contribution in [0.5, 0.6) is 5.75 Å². The maximum atomic E-state index is 11.8. The third-order valence-electron chi connectivity index (χ3n) is 8.85. The Morgan fingerprint density at radius 3 is 2.00 bits per heavy atom. The van der Waals surface area contributed by atoms with Crippen molar-refractivity contribution in [2.24, 2.45) is 5.41 Å². The molecule has 2 rings (SSSR count). The number of aliphatic hydroxyl groups excluding tert-OH is 1. The maximum absolute atomic E-state index is 11.8. The van der Waals surface area contributed by atoms with E-state index in [1.807, 2.05) is 38.1 Å². The van der Waals surface area contributed by atoms with Crippen LogP contribution < -0.4 is 4.74 Å².